The molecule has 0 saturated carbocycles. The molecule has 8 nitrogen and oxygen atoms in total. The molecule has 1 saturated heterocycles. The van der Waals surface area contributed by atoms with Crippen LogP contribution in [-0.2, 0) is 19.7 Å². The van der Waals surface area contributed by atoms with E-state index in [0.717, 1.165) is 12.3 Å². The highest BCUT2D eigenvalue weighted by atomic mass is 16.7. The average molecular weight is 378 g/mol. The van der Waals surface area contributed by atoms with E-state index in [4.69, 9.17) is 19.7 Å². The van der Waals surface area contributed by atoms with Gasteiger partial charge in [-0.3, -0.25) is 4.90 Å². The molecule has 148 valence electrons. The summed E-state index contributed by atoms with van der Waals surface area (Å²) in [5.74, 6) is -1.62. The number of likely N-dealkylation sites (N-methyl/N-ethyl adjacent to an activating group) is 2. The van der Waals surface area contributed by atoms with E-state index in [-0.39, 0.29) is 5.41 Å². The SMILES string of the molecule is COCOc1ccc2c(c1)[C@]1(C)CCN(C)[C@@H]1N2C.O=C(O)/C=C/C(=O)O. The van der Waals surface area contributed by atoms with E-state index in [9.17, 15) is 9.59 Å². The van der Waals surface area contributed by atoms with Crippen molar-refractivity contribution < 1.29 is 29.3 Å². The zero-order valence-electron chi connectivity index (χ0n) is 16.0. The summed E-state index contributed by atoms with van der Waals surface area (Å²) in [7, 11) is 6.04. The second kappa shape index (κ2) is 8.41. The largest absolute Gasteiger partial charge is 0.478 e. The normalized spacial score (nSPS) is 23.6. The molecule has 2 heterocycles. The maximum atomic E-state index is 9.55. The molecule has 0 unspecified atom stereocenters. The number of rotatable bonds is 5. The molecular formula is C19H26N2O6. The van der Waals surface area contributed by atoms with E-state index >= 15 is 0 Å². The van der Waals surface area contributed by atoms with E-state index < -0.39 is 11.9 Å². The highest BCUT2D eigenvalue weighted by Crippen LogP contribution is 2.51. The molecule has 0 bridgehead atoms. The molecule has 0 aromatic heterocycles. The summed E-state index contributed by atoms with van der Waals surface area (Å²) >= 11 is 0. The van der Waals surface area contributed by atoms with Gasteiger partial charge in [-0.25, -0.2) is 9.59 Å². The first-order valence-electron chi connectivity index (χ1n) is 8.54. The first-order valence-corrected chi connectivity index (χ1v) is 8.54. The van der Waals surface area contributed by atoms with E-state index in [0.29, 0.717) is 25.1 Å². The minimum atomic E-state index is -1.26. The molecule has 8 heteroatoms. The van der Waals surface area contributed by atoms with Gasteiger partial charge in [-0.05, 0) is 37.2 Å². The van der Waals surface area contributed by atoms with Gasteiger partial charge in [0.15, 0.2) is 6.79 Å². The van der Waals surface area contributed by atoms with Crippen LogP contribution in [0.4, 0.5) is 5.69 Å². The molecule has 2 atom stereocenters. The predicted molar refractivity (Wildman–Crippen MR) is 100 cm³/mol. The molecule has 0 spiro atoms. The number of fused-ring (bicyclic) bond motifs is 3. The summed E-state index contributed by atoms with van der Waals surface area (Å²) < 4.78 is 10.6. The number of likely N-dealkylation sites (tertiary alicyclic amines) is 1. The highest BCUT2D eigenvalue weighted by molar-refractivity contribution is 5.89. The smallest absolute Gasteiger partial charge is 0.328 e. The molecule has 2 N–H and O–H groups in total. The van der Waals surface area contributed by atoms with Crippen molar-refractivity contribution in [1.29, 1.82) is 0 Å². The van der Waals surface area contributed by atoms with Crippen LogP contribution in [0.15, 0.2) is 30.4 Å². The minimum absolute atomic E-state index is 0.200. The van der Waals surface area contributed by atoms with Gasteiger partial charge in [-0.1, -0.05) is 6.92 Å². The molecule has 0 radical (unpaired) electrons. The molecule has 1 aromatic carbocycles. The number of aliphatic carboxylic acids is 2. The van der Waals surface area contributed by atoms with Crippen LogP contribution >= 0.6 is 0 Å². The lowest BCUT2D eigenvalue weighted by molar-refractivity contribution is -0.134. The molecule has 3 rings (SSSR count). The second-order valence-corrected chi connectivity index (χ2v) is 6.87. The van der Waals surface area contributed by atoms with Gasteiger partial charge in [0, 0.05) is 44.0 Å². The molecule has 2 aliphatic heterocycles. The minimum Gasteiger partial charge on any atom is -0.478 e. The van der Waals surface area contributed by atoms with Crippen molar-refractivity contribution in [2.24, 2.45) is 0 Å². The Bertz CT molecular complexity index is 719. The van der Waals surface area contributed by atoms with E-state index in [1.54, 1.807) is 7.11 Å². The Morgan fingerprint density at radius 1 is 1.26 bits per heavy atom. The Kier molecular flexibility index (Phi) is 6.45. The fraction of sp³-hybridized carbons (Fsp3) is 0.474. The first-order chi connectivity index (χ1) is 12.7. The summed E-state index contributed by atoms with van der Waals surface area (Å²) in [5, 5.41) is 15.6. The van der Waals surface area contributed by atoms with Crippen molar-refractivity contribution in [3.8, 4) is 5.75 Å². The number of carbonyl (C=O) groups is 2. The molecule has 2 aliphatic rings. The van der Waals surface area contributed by atoms with Crippen molar-refractivity contribution in [2.45, 2.75) is 24.9 Å². The van der Waals surface area contributed by atoms with Crippen LogP contribution in [0.5, 0.6) is 5.75 Å². The lowest BCUT2D eigenvalue weighted by atomic mass is 9.81. The Balaban J connectivity index is 0.000000279. The quantitative estimate of drug-likeness (QED) is 0.591. The van der Waals surface area contributed by atoms with Gasteiger partial charge in [0.05, 0.1) is 6.17 Å². The van der Waals surface area contributed by atoms with Crippen LogP contribution in [0.25, 0.3) is 0 Å². The standard InChI is InChI=1S/C15H22N2O2.C4H4O4/c1-15-7-8-16(2)14(15)17(3)13-6-5-11(9-12(13)15)19-10-18-4;5-3(6)1-2-4(7)8/h5-6,9,14H,7-8,10H2,1-4H3;1-2H,(H,5,6)(H,7,8)/b;2-1+/t14-,15+;/m1./s1. The number of carboxylic acids is 2. The summed E-state index contributed by atoms with van der Waals surface area (Å²) in [6.07, 6.45) is 2.77. The van der Waals surface area contributed by atoms with Crippen molar-refractivity contribution in [3.05, 3.63) is 35.9 Å². The number of benzene rings is 1. The van der Waals surface area contributed by atoms with Gasteiger partial charge in [0.25, 0.3) is 0 Å². The lowest BCUT2D eigenvalue weighted by Gasteiger charge is -2.32. The molecule has 1 aromatic rings. The molecule has 27 heavy (non-hydrogen) atoms. The number of hydrogen-bond donors (Lipinski definition) is 2. The van der Waals surface area contributed by atoms with Gasteiger partial charge in [-0.2, -0.15) is 0 Å². The lowest BCUT2D eigenvalue weighted by Crippen LogP contribution is -2.45. The molecule has 0 aliphatic carbocycles. The van der Waals surface area contributed by atoms with Crippen LogP contribution in [0.1, 0.15) is 18.9 Å². The number of ether oxygens (including phenoxy) is 2. The average Bonchev–Trinajstić information content (AvgIpc) is 3.04. The molecule has 1 fully saturated rings. The van der Waals surface area contributed by atoms with Gasteiger partial charge in [0.1, 0.15) is 5.75 Å². The Labute approximate surface area is 158 Å². The number of nitrogens with zero attached hydrogens (tertiary/aromatic N) is 2. The number of carboxylic acid groups (broad SMARTS) is 2. The summed E-state index contributed by atoms with van der Waals surface area (Å²) in [6.45, 7) is 3.81. The van der Waals surface area contributed by atoms with E-state index in [2.05, 4.69) is 43.0 Å². The second-order valence-electron chi connectivity index (χ2n) is 6.87. The monoisotopic (exact) mass is 378 g/mol. The first kappa shape index (κ1) is 20.7. The Morgan fingerprint density at radius 3 is 2.44 bits per heavy atom. The molecular weight excluding hydrogens is 352 g/mol. The Morgan fingerprint density at radius 2 is 1.89 bits per heavy atom. The van der Waals surface area contributed by atoms with Crippen molar-refractivity contribution in [3.63, 3.8) is 0 Å². The van der Waals surface area contributed by atoms with Gasteiger partial charge < -0.3 is 24.6 Å². The van der Waals surface area contributed by atoms with Crippen LogP contribution in [0, 0.1) is 0 Å². The third-order valence-corrected chi connectivity index (χ3v) is 5.01. The Hall–Kier alpha value is -2.58. The summed E-state index contributed by atoms with van der Waals surface area (Å²) in [6, 6.07) is 6.38. The maximum Gasteiger partial charge on any atom is 0.328 e. The van der Waals surface area contributed by atoms with E-state index in [1.165, 1.54) is 17.7 Å². The predicted octanol–water partition coefficient (Wildman–Crippen LogP) is 1.75. The van der Waals surface area contributed by atoms with Gasteiger partial charge in [-0.15, -0.1) is 0 Å². The molecule has 0 amide bonds. The number of methoxy groups -OCH3 is 1. The van der Waals surface area contributed by atoms with E-state index in [1.807, 2.05) is 6.07 Å². The van der Waals surface area contributed by atoms with Crippen LogP contribution < -0.4 is 9.64 Å². The van der Waals surface area contributed by atoms with Crippen molar-refractivity contribution in [1.82, 2.24) is 4.90 Å². The van der Waals surface area contributed by atoms with Crippen LogP contribution in [0.2, 0.25) is 0 Å². The zero-order chi connectivity index (χ0) is 20.2. The number of anilines is 1. The topological polar surface area (TPSA) is 99.5 Å². The van der Waals surface area contributed by atoms with Crippen molar-refractivity contribution in [2.75, 3.05) is 39.4 Å². The van der Waals surface area contributed by atoms with Gasteiger partial charge in [0.2, 0.25) is 0 Å². The third kappa shape index (κ3) is 4.40. The third-order valence-electron chi connectivity index (χ3n) is 5.01. The summed E-state index contributed by atoms with van der Waals surface area (Å²) in [5.41, 5.74) is 2.92. The fourth-order valence-electron chi connectivity index (χ4n) is 3.91. The van der Waals surface area contributed by atoms with Crippen LogP contribution in [0.3, 0.4) is 0 Å². The zero-order valence-corrected chi connectivity index (χ0v) is 16.0. The van der Waals surface area contributed by atoms with Crippen LogP contribution in [-0.4, -0.2) is 67.8 Å². The summed E-state index contributed by atoms with van der Waals surface area (Å²) in [4.78, 5) is 23.9. The number of hydrogen-bond acceptors (Lipinski definition) is 6. The van der Waals surface area contributed by atoms with Crippen molar-refractivity contribution >= 4 is 17.6 Å². The van der Waals surface area contributed by atoms with Gasteiger partial charge >= 0.3 is 11.9 Å². The highest BCUT2D eigenvalue weighted by Gasteiger charge is 2.52. The maximum absolute atomic E-state index is 9.55. The fourth-order valence-corrected chi connectivity index (χ4v) is 3.91.